The van der Waals surface area contributed by atoms with Gasteiger partial charge in [-0.15, -0.1) is 0 Å². The minimum absolute atomic E-state index is 0.499. The Morgan fingerprint density at radius 1 is 1.07 bits per heavy atom. The smallest absolute Gasteiger partial charge is 0.150 e. The standard InChI is InChI=1S/C22H18N8/c23-6-2-10-30-16-4-5-17(30)12-15(11-16)27-22-18-3-1-7-25-19(18)13-20(29-22)28-21-14-24-8-9-26-21/h1,3-5,7-9,11,13-14H,2,10,12H2,(H2,26,27,28,29). The molecule has 1 aliphatic rings. The highest BCUT2D eigenvalue weighted by Crippen LogP contribution is 2.29. The van der Waals surface area contributed by atoms with Gasteiger partial charge in [0.15, 0.2) is 0 Å². The van der Waals surface area contributed by atoms with Crippen LogP contribution in [0.2, 0.25) is 0 Å². The van der Waals surface area contributed by atoms with Crippen LogP contribution in [0.5, 0.6) is 0 Å². The summed E-state index contributed by atoms with van der Waals surface area (Å²) in [5, 5.41) is 16.5. The van der Waals surface area contributed by atoms with Gasteiger partial charge in [-0.2, -0.15) is 5.26 Å². The van der Waals surface area contributed by atoms with Gasteiger partial charge in [0, 0.05) is 60.1 Å². The molecule has 8 nitrogen and oxygen atoms in total. The summed E-state index contributed by atoms with van der Waals surface area (Å²) in [6, 6.07) is 12.2. The zero-order chi connectivity index (χ0) is 20.3. The van der Waals surface area contributed by atoms with E-state index in [1.807, 2.05) is 18.2 Å². The molecule has 1 aliphatic heterocycles. The predicted molar refractivity (Wildman–Crippen MR) is 115 cm³/mol. The third-order valence-electron chi connectivity index (χ3n) is 4.94. The number of aromatic nitrogens is 5. The molecule has 0 aromatic carbocycles. The number of rotatable bonds is 6. The third kappa shape index (κ3) is 3.44. The summed E-state index contributed by atoms with van der Waals surface area (Å²) in [7, 11) is 0. The Bertz CT molecular complexity index is 1280. The van der Waals surface area contributed by atoms with E-state index >= 15 is 0 Å². The number of nitriles is 1. The second-order valence-electron chi connectivity index (χ2n) is 6.92. The van der Waals surface area contributed by atoms with Crippen molar-refractivity contribution in [2.24, 2.45) is 0 Å². The van der Waals surface area contributed by atoms with Crippen LogP contribution < -0.4 is 10.6 Å². The normalized spacial score (nSPS) is 12.3. The number of nitrogens with one attached hydrogen (secondary N) is 2. The topological polar surface area (TPSA) is 104 Å². The van der Waals surface area contributed by atoms with Crippen LogP contribution in [0.1, 0.15) is 17.8 Å². The first-order valence-corrected chi connectivity index (χ1v) is 9.62. The molecule has 4 aromatic heterocycles. The molecule has 146 valence electrons. The number of fused-ring (bicyclic) bond motifs is 3. The van der Waals surface area contributed by atoms with E-state index in [9.17, 15) is 0 Å². The van der Waals surface area contributed by atoms with Crippen molar-refractivity contribution in [3.63, 3.8) is 0 Å². The Labute approximate surface area is 173 Å². The average Bonchev–Trinajstić information content (AvgIpc) is 3.01. The van der Waals surface area contributed by atoms with E-state index in [0.717, 1.165) is 34.5 Å². The second kappa shape index (κ2) is 7.64. The minimum atomic E-state index is 0.499. The molecule has 0 aliphatic carbocycles. The van der Waals surface area contributed by atoms with E-state index in [-0.39, 0.29) is 0 Å². The lowest BCUT2D eigenvalue weighted by molar-refractivity contribution is 0.674. The monoisotopic (exact) mass is 394 g/mol. The highest BCUT2D eigenvalue weighted by molar-refractivity contribution is 5.92. The lowest BCUT2D eigenvalue weighted by Crippen LogP contribution is -2.14. The molecule has 4 aromatic rings. The maximum Gasteiger partial charge on any atom is 0.150 e. The Morgan fingerprint density at radius 2 is 2.03 bits per heavy atom. The summed E-state index contributed by atoms with van der Waals surface area (Å²) < 4.78 is 2.19. The van der Waals surface area contributed by atoms with Gasteiger partial charge in [-0.1, -0.05) is 0 Å². The van der Waals surface area contributed by atoms with Crippen LogP contribution in [0.15, 0.2) is 60.8 Å². The summed E-state index contributed by atoms with van der Waals surface area (Å²) >= 11 is 0. The number of pyridine rings is 2. The summed E-state index contributed by atoms with van der Waals surface area (Å²) in [5.41, 5.74) is 4.15. The molecule has 0 saturated heterocycles. The quantitative estimate of drug-likeness (QED) is 0.511. The van der Waals surface area contributed by atoms with Crippen molar-refractivity contribution in [3.05, 3.63) is 72.2 Å². The van der Waals surface area contributed by atoms with Crippen molar-refractivity contribution in [3.8, 4) is 6.07 Å². The maximum atomic E-state index is 8.90. The van der Waals surface area contributed by atoms with Crippen LogP contribution in [0.4, 0.5) is 17.5 Å². The molecular weight excluding hydrogens is 376 g/mol. The molecule has 0 fully saturated rings. The first-order valence-electron chi connectivity index (χ1n) is 9.62. The number of allylic oxidation sites excluding steroid dienone is 1. The molecule has 0 radical (unpaired) electrons. The lowest BCUT2D eigenvalue weighted by Gasteiger charge is -2.20. The van der Waals surface area contributed by atoms with E-state index < -0.39 is 0 Å². The molecule has 30 heavy (non-hydrogen) atoms. The number of anilines is 3. The first kappa shape index (κ1) is 17.8. The van der Waals surface area contributed by atoms with E-state index in [1.54, 1.807) is 24.8 Å². The molecular formula is C22H18N8. The molecule has 0 saturated carbocycles. The van der Waals surface area contributed by atoms with E-state index in [1.165, 1.54) is 5.69 Å². The Kier molecular flexibility index (Phi) is 4.54. The van der Waals surface area contributed by atoms with Crippen LogP contribution in [0.25, 0.3) is 17.0 Å². The van der Waals surface area contributed by atoms with Gasteiger partial charge in [0.1, 0.15) is 17.5 Å². The van der Waals surface area contributed by atoms with Gasteiger partial charge in [-0.05, 0) is 30.3 Å². The van der Waals surface area contributed by atoms with Crippen LogP contribution in [-0.2, 0) is 13.0 Å². The van der Waals surface area contributed by atoms with Crippen LogP contribution >= 0.6 is 0 Å². The van der Waals surface area contributed by atoms with Crippen molar-refractivity contribution in [1.82, 2.24) is 24.5 Å². The Hall–Kier alpha value is -4.25. The summed E-state index contributed by atoms with van der Waals surface area (Å²) in [4.78, 5) is 17.6. The predicted octanol–water partition coefficient (Wildman–Crippen LogP) is 3.89. The van der Waals surface area contributed by atoms with Gasteiger partial charge in [-0.3, -0.25) is 9.97 Å². The number of nitrogens with zero attached hydrogens (tertiary/aromatic N) is 6. The highest BCUT2D eigenvalue weighted by atomic mass is 15.1. The molecule has 0 atom stereocenters. The zero-order valence-electron chi connectivity index (χ0n) is 16.1. The van der Waals surface area contributed by atoms with Crippen molar-refractivity contribution in [1.29, 1.82) is 5.26 Å². The van der Waals surface area contributed by atoms with Gasteiger partial charge >= 0.3 is 0 Å². The van der Waals surface area contributed by atoms with Crippen molar-refractivity contribution in [2.75, 3.05) is 10.6 Å². The number of hydrogen-bond acceptors (Lipinski definition) is 7. The molecule has 8 heteroatoms. The van der Waals surface area contributed by atoms with Crippen LogP contribution in [-0.4, -0.2) is 24.5 Å². The van der Waals surface area contributed by atoms with Crippen molar-refractivity contribution in [2.45, 2.75) is 19.4 Å². The van der Waals surface area contributed by atoms with Gasteiger partial charge in [0.05, 0.1) is 24.2 Å². The molecule has 5 heterocycles. The molecule has 0 unspecified atom stereocenters. The fourth-order valence-corrected chi connectivity index (χ4v) is 3.63. The van der Waals surface area contributed by atoms with Crippen molar-refractivity contribution < 1.29 is 0 Å². The second-order valence-corrected chi connectivity index (χ2v) is 6.92. The Balaban J connectivity index is 1.47. The van der Waals surface area contributed by atoms with Crippen LogP contribution in [0, 0.1) is 11.3 Å². The van der Waals surface area contributed by atoms with Gasteiger partial charge in [0.2, 0.25) is 0 Å². The fourth-order valence-electron chi connectivity index (χ4n) is 3.63. The third-order valence-corrected chi connectivity index (χ3v) is 4.94. The molecule has 2 N–H and O–H groups in total. The van der Waals surface area contributed by atoms with Gasteiger partial charge in [-0.25, -0.2) is 9.97 Å². The van der Waals surface area contributed by atoms with Crippen LogP contribution in [0.3, 0.4) is 0 Å². The first-order chi connectivity index (χ1) is 14.8. The summed E-state index contributed by atoms with van der Waals surface area (Å²) in [6.45, 7) is 0.709. The SMILES string of the molecule is N#CCCn1c2ccc1CC(Nc1nc(Nc3cnccn3)cc3ncccc13)=C2. The average molecular weight is 394 g/mol. The number of hydrogen-bond donors (Lipinski definition) is 2. The van der Waals surface area contributed by atoms with E-state index in [2.05, 4.69) is 54.4 Å². The highest BCUT2D eigenvalue weighted by Gasteiger charge is 2.17. The van der Waals surface area contributed by atoms with Gasteiger partial charge in [0.25, 0.3) is 0 Å². The zero-order valence-corrected chi connectivity index (χ0v) is 16.1. The molecule has 0 amide bonds. The fraction of sp³-hybridized carbons (Fsp3) is 0.136. The largest absolute Gasteiger partial charge is 0.344 e. The minimum Gasteiger partial charge on any atom is -0.344 e. The Morgan fingerprint density at radius 3 is 2.87 bits per heavy atom. The summed E-state index contributed by atoms with van der Waals surface area (Å²) in [6.07, 6.45) is 10.0. The maximum absolute atomic E-state index is 8.90. The molecule has 0 spiro atoms. The summed E-state index contributed by atoms with van der Waals surface area (Å²) in [5.74, 6) is 1.98. The van der Waals surface area contributed by atoms with Crippen molar-refractivity contribution >= 4 is 34.4 Å². The van der Waals surface area contributed by atoms with E-state index in [0.29, 0.717) is 24.6 Å². The lowest BCUT2D eigenvalue weighted by atomic mass is 10.1. The molecule has 5 rings (SSSR count). The molecule has 2 bridgehead atoms. The van der Waals surface area contributed by atoms with E-state index in [4.69, 9.17) is 10.2 Å². The van der Waals surface area contributed by atoms with Gasteiger partial charge < -0.3 is 15.2 Å².